The Bertz CT molecular complexity index is 614. The molecule has 0 aromatic heterocycles. The van der Waals surface area contributed by atoms with Gasteiger partial charge in [-0.15, -0.1) is 0 Å². The van der Waals surface area contributed by atoms with Gasteiger partial charge in [-0.3, -0.25) is 10.1 Å². The monoisotopic (exact) mass is 285 g/mol. The van der Waals surface area contributed by atoms with Gasteiger partial charge in [0.15, 0.2) is 0 Å². The molecule has 2 atom stereocenters. The molecule has 2 rings (SSSR count). The number of nitro groups is 1. The molecule has 0 radical (unpaired) electrons. The molecule has 0 saturated heterocycles. The number of rotatable bonds is 5. The van der Waals surface area contributed by atoms with Crippen LogP contribution in [0.1, 0.15) is 13.3 Å². The molecule has 104 valence electrons. The van der Waals surface area contributed by atoms with Crippen molar-refractivity contribution in [2.24, 2.45) is 11.8 Å². The fraction of sp³-hybridized carbons (Fsp3) is 0.455. The Balaban J connectivity index is 2.16. The van der Waals surface area contributed by atoms with Crippen molar-refractivity contribution in [3.63, 3.8) is 0 Å². The van der Waals surface area contributed by atoms with Crippen LogP contribution in [-0.4, -0.2) is 19.9 Å². The summed E-state index contributed by atoms with van der Waals surface area (Å²) in [6.45, 7) is 2.45. The Morgan fingerprint density at radius 1 is 1.53 bits per heavy atom. The van der Waals surface area contributed by atoms with E-state index in [1.165, 1.54) is 6.07 Å². The minimum atomic E-state index is -3.66. The minimum absolute atomic E-state index is 0.0519. The van der Waals surface area contributed by atoms with E-state index in [1.807, 2.05) is 0 Å². The maximum absolute atomic E-state index is 12.0. The van der Waals surface area contributed by atoms with E-state index in [9.17, 15) is 18.5 Å². The van der Waals surface area contributed by atoms with Crippen molar-refractivity contribution in [3.05, 3.63) is 28.3 Å². The Labute approximate surface area is 111 Å². The van der Waals surface area contributed by atoms with E-state index < -0.39 is 14.9 Å². The number of sulfonamides is 1. The van der Waals surface area contributed by atoms with E-state index >= 15 is 0 Å². The highest BCUT2D eigenvalue weighted by Gasteiger charge is 2.33. The first-order valence-electron chi connectivity index (χ1n) is 5.85. The van der Waals surface area contributed by atoms with Crippen LogP contribution in [0.5, 0.6) is 0 Å². The zero-order chi connectivity index (χ0) is 14.2. The summed E-state index contributed by atoms with van der Waals surface area (Å²) in [6, 6.07) is 3.40. The predicted octanol–water partition coefficient (Wildman–Crippen LogP) is 1.11. The molecule has 0 spiro atoms. The van der Waals surface area contributed by atoms with Crippen LogP contribution in [0.3, 0.4) is 0 Å². The lowest BCUT2D eigenvalue weighted by molar-refractivity contribution is -0.383. The average molecular weight is 285 g/mol. The molecule has 1 saturated carbocycles. The molecule has 2 unspecified atom stereocenters. The van der Waals surface area contributed by atoms with Crippen molar-refractivity contribution in [2.45, 2.75) is 18.2 Å². The number of hydrogen-bond donors (Lipinski definition) is 2. The highest BCUT2D eigenvalue weighted by molar-refractivity contribution is 7.89. The lowest BCUT2D eigenvalue weighted by atomic mass is 10.3. The van der Waals surface area contributed by atoms with Crippen molar-refractivity contribution in [1.82, 2.24) is 4.72 Å². The lowest BCUT2D eigenvalue weighted by Crippen LogP contribution is -2.26. The summed E-state index contributed by atoms with van der Waals surface area (Å²) >= 11 is 0. The highest BCUT2D eigenvalue weighted by atomic mass is 32.2. The van der Waals surface area contributed by atoms with Crippen LogP contribution in [0.15, 0.2) is 23.1 Å². The number of anilines is 1. The molecule has 1 aromatic carbocycles. The molecule has 19 heavy (non-hydrogen) atoms. The Hall–Kier alpha value is -1.67. The minimum Gasteiger partial charge on any atom is -0.393 e. The predicted molar refractivity (Wildman–Crippen MR) is 70.0 cm³/mol. The van der Waals surface area contributed by atoms with E-state index in [1.54, 1.807) is 0 Å². The third-order valence-electron chi connectivity index (χ3n) is 3.32. The van der Waals surface area contributed by atoms with Crippen LogP contribution >= 0.6 is 0 Å². The topological polar surface area (TPSA) is 115 Å². The molecule has 3 N–H and O–H groups in total. The van der Waals surface area contributed by atoms with Crippen LogP contribution in [0.4, 0.5) is 11.4 Å². The number of nitrogen functional groups attached to an aromatic ring is 1. The molecule has 1 aliphatic carbocycles. The van der Waals surface area contributed by atoms with Crippen LogP contribution in [0.25, 0.3) is 0 Å². The average Bonchev–Trinajstić information content (AvgIpc) is 3.02. The van der Waals surface area contributed by atoms with E-state index in [4.69, 9.17) is 5.73 Å². The lowest BCUT2D eigenvalue weighted by Gasteiger charge is -2.07. The zero-order valence-corrected chi connectivity index (χ0v) is 11.2. The summed E-state index contributed by atoms with van der Waals surface area (Å²) in [4.78, 5) is 9.90. The molecule has 0 bridgehead atoms. The largest absolute Gasteiger partial charge is 0.393 e. The number of nitrogens with one attached hydrogen (secondary N) is 1. The third kappa shape index (κ3) is 3.02. The van der Waals surface area contributed by atoms with E-state index in [0.29, 0.717) is 18.4 Å². The van der Waals surface area contributed by atoms with Crippen LogP contribution in [0.2, 0.25) is 0 Å². The summed E-state index contributed by atoms with van der Waals surface area (Å²) < 4.78 is 26.4. The third-order valence-corrected chi connectivity index (χ3v) is 4.74. The quantitative estimate of drug-likeness (QED) is 0.477. The Morgan fingerprint density at radius 2 is 2.16 bits per heavy atom. The fourth-order valence-corrected chi connectivity index (χ4v) is 2.98. The Morgan fingerprint density at radius 3 is 2.63 bits per heavy atom. The first-order chi connectivity index (χ1) is 8.81. The van der Waals surface area contributed by atoms with Crippen LogP contribution < -0.4 is 10.5 Å². The zero-order valence-electron chi connectivity index (χ0n) is 10.4. The van der Waals surface area contributed by atoms with Gasteiger partial charge in [-0.05, 0) is 30.4 Å². The number of benzene rings is 1. The summed E-state index contributed by atoms with van der Waals surface area (Å²) in [5, 5.41) is 10.6. The van der Waals surface area contributed by atoms with Crippen molar-refractivity contribution < 1.29 is 13.3 Å². The van der Waals surface area contributed by atoms with E-state index in [0.717, 1.165) is 18.6 Å². The SMILES string of the molecule is CC1CC1CNS(=O)(=O)c1ccc([N+](=O)[O-])c(N)c1. The maximum atomic E-state index is 12.0. The number of nitrogens with zero attached hydrogens (tertiary/aromatic N) is 1. The summed E-state index contributed by atoms with van der Waals surface area (Å²) in [7, 11) is -3.66. The molecule has 0 amide bonds. The van der Waals surface area contributed by atoms with Gasteiger partial charge >= 0.3 is 0 Å². The highest BCUT2D eigenvalue weighted by Crippen LogP contribution is 2.37. The molecule has 1 aliphatic rings. The molecule has 1 fully saturated rings. The molecular formula is C11H15N3O4S. The first kappa shape index (κ1) is 13.8. The molecule has 7 nitrogen and oxygen atoms in total. The van der Waals surface area contributed by atoms with Crippen molar-refractivity contribution in [2.75, 3.05) is 12.3 Å². The van der Waals surface area contributed by atoms with E-state index in [-0.39, 0.29) is 16.3 Å². The summed E-state index contributed by atoms with van der Waals surface area (Å²) in [5.41, 5.74) is 5.02. The number of nitro benzene ring substituents is 1. The van der Waals surface area contributed by atoms with Gasteiger partial charge < -0.3 is 5.73 Å². The van der Waals surface area contributed by atoms with Gasteiger partial charge in [-0.2, -0.15) is 0 Å². The number of nitrogens with two attached hydrogens (primary N) is 1. The van der Waals surface area contributed by atoms with Crippen molar-refractivity contribution in [1.29, 1.82) is 0 Å². The van der Waals surface area contributed by atoms with E-state index in [2.05, 4.69) is 11.6 Å². The Kier molecular flexibility index (Phi) is 3.46. The van der Waals surface area contributed by atoms with Gasteiger partial charge in [-0.1, -0.05) is 6.92 Å². The van der Waals surface area contributed by atoms with Gasteiger partial charge in [0.1, 0.15) is 5.69 Å². The molecule has 0 aliphatic heterocycles. The standard InChI is InChI=1S/C11H15N3O4S/c1-7-4-8(7)6-13-19(17,18)9-2-3-11(14(15)16)10(12)5-9/h2-3,5,7-8,13H,4,6,12H2,1H3. The second kappa shape index (κ2) is 4.78. The van der Waals surface area contributed by atoms with Crippen LogP contribution in [0, 0.1) is 22.0 Å². The smallest absolute Gasteiger partial charge is 0.292 e. The van der Waals surface area contributed by atoms with Gasteiger partial charge in [0.2, 0.25) is 10.0 Å². The first-order valence-corrected chi connectivity index (χ1v) is 7.33. The molecule has 1 aromatic rings. The van der Waals surface area contributed by atoms with Gasteiger partial charge in [0.05, 0.1) is 9.82 Å². The molecule has 8 heteroatoms. The normalized spacial score (nSPS) is 22.2. The summed E-state index contributed by atoms with van der Waals surface area (Å²) in [6.07, 6.45) is 1.02. The summed E-state index contributed by atoms with van der Waals surface area (Å²) in [5.74, 6) is 0.926. The van der Waals surface area contributed by atoms with Gasteiger partial charge in [0.25, 0.3) is 5.69 Å². The van der Waals surface area contributed by atoms with Crippen LogP contribution in [-0.2, 0) is 10.0 Å². The van der Waals surface area contributed by atoms with Gasteiger partial charge in [0, 0.05) is 12.6 Å². The van der Waals surface area contributed by atoms with Crippen molar-refractivity contribution in [3.8, 4) is 0 Å². The second-order valence-electron chi connectivity index (χ2n) is 4.80. The molecule has 0 heterocycles. The van der Waals surface area contributed by atoms with Gasteiger partial charge in [-0.25, -0.2) is 13.1 Å². The molecular weight excluding hydrogens is 270 g/mol. The maximum Gasteiger partial charge on any atom is 0.292 e. The number of hydrogen-bond acceptors (Lipinski definition) is 5. The second-order valence-corrected chi connectivity index (χ2v) is 6.57. The fourth-order valence-electron chi connectivity index (χ4n) is 1.85. The van der Waals surface area contributed by atoms with Crippen molar-refractivity contribution >= 4 is 21.4 Å².